The standard InChI is InChI=1S/C17H21N3O5/c1-17(2,3)25-15(22)13-14(12(21)9-18)20(16(23)19-13)10-5-7-11(24-4)8-6-10/h5-8,12-14,21H,1-4H3,(H,19,23)/t12-,13+,14-/m1/s1. The molecular weight excluding hydrogens is 326 g/mol. The molecule has 3 atom stereocenters. The number of rotatable bonds is 4. The van der Waals surface area contributed by atoms with Gasteiger partial charge in [0.25, 0.3) is 0 Å². The fourth-order valence-corrected chi connectivity index (χ4v) is 2.57. The molecule has 1 heterocycles. The molecule has 0 aliphatic carbocycles. The predicted molar refractivity (Wildman–Crippen MR) is 89.0 cm³/mol. The number of nitriles is 1. The maximum Gasteiger partial charge on any atom is 0.331 e. The van der Waals surface area contributed by atoms with E-state index in [-0.39, 0.29) is 0 Å². The highest BCUT2D eigenvalue weighted by atomic mass is 16.6. The summed E-state index contributed by atoms with van der Waals surface area (Å²) in [6.07, 6.45) is -1.57. The van der Waals surface area contributed by atoms with Crippen LogP contribution in [0.3, 0.4) is 0 Å². The van der Waals surface area contributed by atoms with Crippen molar-refractivity contribution in [3.05, 3.63) is 24.3 Å². The number of esters is 1. The molecule has 0 saturated carbocycles. The van der Waals surface area contributed by atoms with Crippen molar-refractivity contribution in [1.82, 2.24) is 5.32 Å². The molecule has 0 unspecified atom stereocenters. The van der Waals surface area contributed by atoms with E-state index in [9.17, 15) is 14.7 Å². The number of methoxy groups -OCH3 is 1. The number of carbonyl (C=O) groups is 2. The van der Waals surface area contributed by atoms with Crippen molar-refractivity contribution in [3.8, 4) is 11.8 Å². The minimum Gasteiger partial charge on any atom is -0.497 e. The normalized spacial score (nSPS) is 21.3. The van der Waals surface area contributed by atoms with Crippen LogP contribution in [0.2, 0.25) is 0 Å². The number of nitrogens with one attached hydrogen (secondary N) is 1. The summed E-state index contributed by atoms with van der Waals surface area (Å²) in [6.45, 7) is 5.08. The SMILES string of the molecule is COc1ccc(N2C(=O)N[C@H](C(=O)OC(C)(C)C)[C@H]2[C@H](O)C#N)cc1. The number of urea groups is 1. The van der Waals surface area contributed by atoms with Crippen molar-refractivity contribution < 1.29 is 24.2 Å². The monoisotopic (exact) mass is 347 g/mol. The van der Waals surface area contributed by atoms with Gasteiger partial charge in [0.2, 0.25) is 0 Å². The van der Waals surface area contributed by atoms with Gasteiger partial charge in [0, 0.05) is 5.69 Å². The van der Waals surface area contributed by atoms with Gasteiger partial charge in [0.1, 0.15) is 17.4 Å². The quantitative estimate of drug-likeness (QED) is 0.625. The van der Waals surface area contributed by atoms with E-state index >= 15 is 0 Å². The van der Waals surface area contributed by atoms with E-state index in [2.05, 4.69) is 5.32 Å². The third kappa shape index (κ3) is 4.00. The maximum absolute atomic E-state index is 12.4. The number of hydrogen-bond acceptors (Lipinski definition) is 6. The van der Waals surface area contributed by atoms with Gasteiger partial charge in [-0.25, -0.2) is 9.59 Å². The number of nitrogens with zero attached hydrogens (tertiary/aromatic N) is 2. The molecule has 0 radical (unpaired) electrons. The van der Waals surface area contributed by atoms with Gasteiger partial charge in [0.05, 0.1) is 13.2 Å². The molecule has 0 spiro atoms. The zero-order chi connectivity index (χ0) is 18.8. The van der Waals surface area contributed by atoms with Crippen molar-refractivity contribution in [1.29, 1.82) is 5.26 Å². The van der Waals surface area contributed by atoms with E-state index in [1.165, 1.54) is 12.0 Å². The van der Waals surface area contributed by atoms with E-state index < -0.39 is 35.8 Å². The molecule has 8 nitrogen and oxygen atoms in total. The van der Waals surface area contributed by atoms with Crippen molar-refractivity contribution in [3.63, 3.8) is 0 Å². The second kappa shape index (κ2) is 6.99. The molecule has 1 aromatic rings. The number of hydrogen-bond donors (Lipinski definition) is 2. The zero-order valence-electron chi connectivity index (χ0n) is 14.5. The molecule has 1 aliphatic rings. The topological polar surface area (TPSA) is 112 Å². The Morgan fingerprint density at radius 1 is 1.36 bits per heavy atom. The highest BCUT2D eigenvalue weighted by molar-refractivity contribution is 6.00. The molecule has 1 fully saturated rings. The summed E-state index contributed by atoms with van der Waals surface area (Å²) < 4.78 is 10.4. The molecule has 1 saturated heterocycles. The second-order valence-corrected chi connectivity index (χ2v) is 6.59. The fraction of sp³-hybridized carbons (Fsp3) is 0.471. The first-order valence-corrected chi connectivity index (χ1v) is 7.72. The molecule has 2 amide bonds. The van der Waals surface area contributed by atoms with Gasteiger partial charge < -0.3 is 19.9 Å². The highest BCUT2D eigenvalue weighted by Gasteiger charge is 2.49. The summed E-state index contributed by atoms with van der Waals surface area (Å²) in [6, 6.07) is 5.30. The minimum atomic E-state index is -1.57. The average Bonchev–Trinajstić information content (AvgIpc) is 2.90. The lowest BCUT2D eigenvalue weighted by Crippen LogP contribution is -2.50. The number of carbonyl (C=O) groups excluding carboxylic acids is 2. The number of benzene rings is 1. The number of aliphatic hydroxyl groups excluding tert-OH is 1. The number of anilines is 1. The smallest absolute Gasteiger partial charge is 0.331 e. The Labute approximate surface area is 145 Å². The van der Waals surface area contributed by atoms with Crippen LogP contribution in [0.4, 0.5) is 10.5 Å². The van der Waals surface area contributed by atoms with Crippen LogP contribution < -0.4 is 15.0 Å². The van der Waals surface area contributed by atoms with Gasteiger partial charge in [-0.15, -0.1) is 0 Å². The van der Waals surface area contributed by atoms with Crippen molar-refractivity contribution in [2.75, 3.05) is 12.0 Å². The summed E-state index contributed by atoms with van der Waals surface area (Å²) in [5, 5.41) is 21.7. The Kier molecular flexibility index (Phi) is 5.18. The number of aliphatic hydroxyl groups is 1. The maximum atomic E-state index is 12.4. The first kappa shape index (κ1) is 18.5. The van der Waals surface area contributed by atoms with Gasteiger partial charge in [0.15, 0.2) is 12.1 Å². The van der Waals surface area contributed by atoms with E-state index in [1.54, 1.807) is 51.1 Å². The van der Waals surface area contributed by atoms with Gasteiger partial charge >= 0.3 is 12.0 Å². The van der Waals surface area contributed by atoms with Crippen molar-refractivity contribution >= 4 is 17.7 Å². The minimum absolute atomic E-state index is 0.420. The Bertz CT molecular complexity index is 690. The largest absolute Gasteiger partial charge is 0.497 e. The van der Waals surface area contributed by atoms with Gasteiger partial charge in [-0.05, 0) is 45.0 Å². The van der Waals surface area contributed by atoms with E-state index in [4.69, 9.17) is 14.7 Å². The van der Waals surface area contributed by atoms with Gasteiger partial charge in [-0.1, -0.05) is 0 Å². The van der Waals surface area contributed by atoms with Crippen molar-refractivity contribution in [2.24, 2.45) is 0 Å². The zero-order valence-corrected chi connectivity index (χ0v) is 14.5. The lowest BCUT2D eigenvalue weighted by atomic mass is 10.0. The molecule has 2 N–H and O–H groups in total. The van der Waals surface area contributed by atoms with Crippen LogP contribution in [0.5, 0.6) is 5.75 Å². The highest BCUT2D eigenvalue weighted by Crippen LogP contribution is 2.28. The summed E-state index contributed by atoms with van der Waals surface area (Å²) in [5.41, 5.74) is -0.346. The van der Waals surface area contributed by atoms with E-state index in [1.807, 2.05) is 0 Å². The van der Waals surface area contributed by atoms with E-state index in [0.717, 1.165) is 0 Å². The number of amides is 2. The summed E-state index contributed by atoms with van der Waals surface area (Å²) >= 11 is 0. The molecule has 25 heavy (non-hydrogen) atoms. The molecule has 8 heteroatoms. The van der Waals surface area contributed by atoms with Gasteiger partial charge in [-0.2, -0.15) is 5.26 Å². The van der Waals surface area contributed by atoms with Crippen LogP contribution in [0, 0.1) is 11.3 Å². The Morgan fingerprint density at radius 3 is 2.44 bits per heavy atom. The average molecular weight is 347 g/mol. The van der Waals surface area contributed by atoms with Crippen LogP contribution in [-0.4, -0.2) is 48.0 Å². The third-order valence-corrected chi connectivity index (χ3v) is 3.60. The summed E-state index contributed by atoms with van der Waals surface area (Å²) in [4.78, 5) is 26.0. The first-order valence-electron chi connectivity index (χ1n) is 7.72. The van der Waals surface area contributed by atoms with Crippen LogP contribution in [-0.2, 0) is 9.53 Å². The third-order valence-electron chi connectivity index (χ3n) is 3.60. The molecule has 2 rings (SSSR count). The van der Waals surface area contributed by atoms with E-state index in [0.29, 0.717) is 11.4 Å². The Morgan fingerprint density at radius 2 is 1.96 bits per heavy atom. The molecule has 134 valence electrons. The van der Waals surface area contributed by atoms with Crippen LogP contribution in [0.15, 0.2) is 24.3 Å². The predicted octanol–water partition coefficient (Wildman–Crippen LogP) is 1.19. The van der Waals surface area contributed by atoms with Crippen molar-refractivity contribution in [2.45, 2.75) is 44.6 Å². The van der Waals surface area contributed by atoms with Crippen LogP contribution in [0.1, 0.15) is 20.8 Å². The molecule has 1 aliphatic heterocycles. The number of ether oxygens (including phenoxy) is 2. The lowest BCUT2D eigenvalue weighted by Gasteiger charge is -2.28. The Balaban J connectivity index is 2.36. The second-order valence-electron chi connectivity index (χ2n) is 6.59. The lowest BCUT2D eigenvalue weighted by molar-refractivity contribution is -0.157. The van der Waals surface area contributed by atoms with Crippen LogP contribution in [0.25, 0.3) is 0 Å². The summed E-state index contributed by atoms with van der Waals surface area (Å²) in [7, 11) is 1.51. The first-order chi connectivity index (χ1) is 11.7. The molecule has 1 aromatic carbocycles. The molecular formula is C17H21N3O5. The Hall–Kier alpha value is -2.79. The van der Waals surface area contributed by atoms with Crippen LogP contribution >= 0.6 is 0 Å². The molecule has 0 aromatic heterocycles. The van der Waals surface area contributed by atoms with Gasteiger partial charge in [-0.3, -0.25) is 4.90 Å². The summed E-state index contributed by atoms with van der Waals surface area (Å²) in [5.74, 6) is -0.124. The fourth-order valence-electron chi connectivity index (χ4n) is 2.57. The molecule has 0 bridgehead atoms.